The fourth-order valence-corrected chi connectivity index (χ4v) is 4.96. The second-order valence-corrected chi connectivity index (χ2v) is 9.08. The number of hydrogen-bond donors (Lipinski definition) is 1. The minimum Gasteiger partial charge on any atom is -0.488 e. The lowest BCUT2D eigenvalue weighted by molar-refractivity contribution is 0.301. The van der Waals surface area contributed by atoms with Gasteiger partial charge in [-0.15, -0.1) is 0 Å². The van der Waals surface area contributed by atoms with Gasteiger partial charge in [0.1, 0.15) is 12.4 Å². The molecule has 3 aromatic carbocycles. The van der Waals surface area contributed by atoms with Gasteiger partial charge in [0.25, 0.3) is 6.01 Å². The Hall–Kier alpha value is -4.59. The van der Waals surface area contributed by atoms with Gasteiger partial charge in [0.2, 0.25) is 0 Å². The molecule has 1 N–H and O–H groups in total. The molecule has 1 aliphatic rings. The number of rotatable bonds is 5. The fourth-order valence-electron chi connectivity index (χ4n) is 4.96. The van der Waals surface area contributed by atoms with E-state index < -0.39 is 5.76 Å². The summed E-state index contributed by atoms with van der Waals surface area (Å²) in [5, 5.41) is 3.93. The first-order valence-corrected chi connectivity index (χ1v) is 12.2. The van der Waals surface area contributed by atoms with E-state index in [2.05, 4.69) is 52.0 Å². The quantitative estimate of drug-likeness (QED) is 0.354. The summed E-state index contributed by atoms with van der Waals surface area (Å²) in [5.41, 5.74) is 8.92. The van der Waals surface area contributed by atoms with Crippen molar-refractivity contribution < 1.29 is 14.0 Å². The molecule has 0 saturated heterocycles. The molecule has 8 heteroatoms. The van der Waals surface area contributed by atoms with Gasteiger partial charge >= 0.3 is 5.76 Å². The Morgan fingerprint density at radius 1 is 1.11 bits per heavy atom. The highest BCUT2D eigenvalue weighted by Gasteiger charge is 2.23. The van der Waals surface area contributed by atoms with E-state index in [4.69, 9.17) is 19.0 Å². The molecule has 0 spiro atoms. The Balaban J connectivity index is 1.48. The van der Waals surface area contributed by atoms with E-state index in [9.17, 15) is 4.79 Å². The minimum absolute atomic E-state index is 0.397. The Morgan fingerprint density at radius 2 is 1.97 bits per heavy atom. The number of para-hydroxylation sites is 2. The van der Waals surface area contributed by atoms with E-state index in [1.54, 1.807) is 0 Å². The molecule has 0 fully saturated rings. The van der Waals surface area contributed by atoms with Crippen LogP contribution in [0.15, 0.2) is 70.0 Å². The first kappa shape index (κ1) is 22.8. The van der Waals surface area contributed by atoms with Gasteiger partial charge < -0.3 is 9.47 Å². The number of aryl methyl sites for hydroxylation is 1. The summed E-state index contributed by atoms with van der Waals surface area (Å²) in [4.78, 5) is 19.1. The molecule has 0 aliphatic carbocycles. The van der Waals surface area contributed by atoms with Crippen molar-refractivity contribution in [3.8, 4) is 11.8 Å². The molecule has 0 bridgehead atoms. The molecular weight excluding hydrogens is 468 g/mol. The number of nitrogens with one attached hydrogen (secondary N) is 1. The number of fused-ring (bicyclic) bond motifs is 3. The first-order valence-electron chi connectivity index (χ1n) is 12.2. The predicted octanol–water partition coefficient (Wildman–Crippen LogP) is 5.34. The Labute approximate surface area is 213 Å². The van der Waals surface area contributed by atoms with Gasteiger partial charge in [-0.2, -0.15) is 4.98 Å². The summed E-state index contributed by atoms with van der Waals surface area (Å²) in [6, 6.07) is 21.1. The third kappa shape index (κ3) is 4.00. The number of aromatic nitrogens is 4. The Bertz CT molecular complexity index is 1720. The van der Waals surface area contributed by atoms with E-state index in [0.29, 0.717) is 31.6 Å². The van der Waals surface area contributed by atoms with Crippen molar-refractivity contribution in [3.63, 3.8) is 0 Å². The molecule has 0 radical (unpaired) electrons. The molecular formula is C29H26N4O4. The van der Waals surface area contributed by atoms with E-state index in [1.165, 1.54) is 0 Å². The molecule has 0 saturated carbocycles. The maximum Gasteiger partial charge on any atom is 0.439 e. The second-order valence-electron chi connectivity index (χ2n) is 9.08. The molecule has 2 aromatic heterocycles. The number of aromatic amines is 1. The topological polar surface area (TPSA) is 95.2 Å². The van der Waals surface area contributed by atoms with Crippen LogP contribution in [0.1, 0.15) is 47.5 Å². The molecule has 37 heavy (non-hydrogen) atoms. The lowest BCUT2D eigenvalue weighted by atomic mass is 9.89. The Kier molecular flexibility index (Phi) is 5.64. The summed E-state index contributed by atoms with van der Waals surface area (Å²) in [6.45, 7) is 7.50. The van der Waals surface area contributed by atoms with Gasteiger partial charge in [-0.25, -0.2) is 4.79 Å². The van der Waals surface area contributed by atoms with E-state index >= 15 is 0 Å². The van der Waals surface area contributed by atoms with Crippen LogP contribution in [0.3, 0.4) is 0 Å². The van der Waals surface area contributed by atoms with Crippen molar-refractivity contribution in [2.45, 2.75) is 33.9 Å². The molecule has 3 heterocycles. The molecule has 6 rings (SSSR count). The zero-order valence-electron chi connectivity index (χ0n) is 20.9. The zero-order valence-corrected chi connectivity index (χ0v) is 20.9. The highest BCUT2D eigenvalue weighted by Crippen LogP contribution is 2.40. The first-order chi connectivity index (χ1) is 18.0. The van der Waals surface area contributed by atoms with Gasteiger partial charge in [0, 0.05) is 11.1 Å². The molecule has 1 aliphatic heterocycles. The number of H-pyrrole nitrogens is 1. The fraction of sp³-hybridized carbons (Fsp3) is 0.207. The summed E-state index contributed by atoms with van der Waals surface area (Å²) < 4.78 is 19.0. The maximum atomic E-state index is 11.7. The largest absolute Gasteiger partial charge is 0.488 e. The van der Waals surface area contributed by atoms with Crippen LogP contribution in [0.5, 0.6) is 11.8 Å². The number of nitrogens with zero attached hydrogens (tertiary/aromatic N) is 3. The van der Waals surface area contributed by atoms with E-state index in [-0.39, 0.29) is 0 Å². The van der Waals surface area contributed by atoms with Gasteiger partial charge in [-0.05, 0) is 66.8 Å². The van der Waals surface area contributed by atoms with Gasteiger partial charge in [-0.3, -0.25) is 14.1 Å². The normalized spacial score (nSPS) is 14.0. The van der Waals surface area contributed by atoms with Crippen LogP contribution in [-0.2, 0) is 13.2 Å². The monoisotopic (exact) mass is 494 g/mol. The van der Waals surface area contributed by atoms with Crippen LogP contribution < -0.4 is 15.2 Å². The van der Waals surface area contributed by atoms with Gasteiger partial charge in [0.15, 0.2) is 5.82 Å². The Morgan fingerprint density at radius 3 is 2.78 bits per heavy atom. The van der Waals surface area contributed by atoms with Crippen LogP contribution >= 0.6 is 0 Å². The molecule has 0 amide bonds. The maximum absolute atomic E-state index is 11.7. The van der Waals surface area contributed by atoms with E-state index in [1.807, 2.05) is 44.2 Å². The second kappa shape index (κ2) is 9.13. The predicted molar refractivity (Wildman–Crippen MR) is 141 cm³/mol. The van der Waals surface area contributed by atoms with Crippen molar-refractivity contribution in [1.82, 2.24) is 19.7 Å². The van der Waals surface area contributed by atoms with Crippen LogP contribution in [0.2, 0.25) is 0 Å². The lowest BCUT2D eigenvalue weighted by Gasteiger charge is -2.15. The summed E-state index contributed by atoms with van der Waals surface area (Å²) in [5.74, 6) is 0.583. The number of allylic oxidation sites excluding steroid dienone is 1. The van der Waals surface area contributed by atoms with Crippen molar-refractivity contribution in [1.29, 1.82) is 0 Å². The highest BCUT2D eigenvalue weighted by atomic mass is 16.5. The molecule has 0 unspecified atom stereocenters. The number of benzene rings is 3. The van der Waals surface area contributed by atoms with Crippen molar-refractivity contribution in [2.24, 2.45) is 0 Å². The summed E-state index contributed by atoms with van der Waals surface area (Å²) in [6.07, 6.45) is 0. The van der Waals surface area contributed by atoms with Gasteiger partial charge in [0.05, 0.1) is 24.2 Å². The smallest absolute Gasteiger partial charge is 0.439 e. The molecule has 8 nitrogen and oxygen atoms in total. The summed E-state index contributed by atoms with van der Waals surface area (Å²) in [7, 11) is 0. The molecule has 186 valence electrons. The molecule has 0 atom stereocenters. The number of hydrogen-bond acceptors (Lipinski definition) is 6. The van der Waals surface area contributed by atoms with Crippen LogP contribution in [0.4, 0.5) is 0 Å². The van der Waals surface area contributed by atoms with Gasteiger partial charge in [-0.1, -0.05) is 47.6 Å². The van der Waals surface area contributed by atoms with Crippen LogP contribution in [0, 0.1) is 6.92 Å². The van der Waals surface area contributed by atoms with E-state index in [0.717, 1.165) is 55.7 Å². The van der Waals surface area contributed by atoms with Crippen LogP contribution in [0.25, 0.3) is 22.2 Å². The zero-order chi connectivity index (χ0) is 25.5. The van der Waals surface area contributed by atoms with Crippen molar-refractivity contribution >= 4 is 22.2 Å². The lowest BCUT2D eigenvalue weighted by Crippen LogP contribution is -2.06. The third-order valence-electron chi connectivity index (χ3n) is 6.71. The number of imidazole rings is 1. The average molecular weight is 495 g/mol. The van der Waals surface area contributed by atoms with Crippen LogP contribution in [-0.4, -0.2) is 26.3 Å². The SMILES string of the molecule is CCOc1nc2c(C)cccc2n1Cc1ccc2c(c1)COc1ccccc1/C2=C(/C)c1noc(=O)[nH]1. The summed E-state index contributed by atoms with van der Waals surface area (Å²) >= 11 is 0. The highest BCUT2D eigenvalue weighted by molar-refractivity contribution is 5.99. The number of ether oxygens (including phenoxy) is 2. The van der Waals surface area contributed by atoms with Crippen molar-refractivity contribution in [3.05, 3.63) is 105 Å². The minimum atomic E-state index is -0.587. The van der Waals surface area contributed by atoms with Crippen molar-refractivity contribution in [2.75, 3.05) is 6.61 Å². The third-order valence-corrected chi connectivity index (χ3v) is 6.71. The standard InChI is InChI=1S/C29H26N4O4/c1-4-35-28-30-26-17(2)8-7-10-23(26)33(28)15-19-12-13-21-20(14-19)16-36-24-11-6-5-9-22(24)25(21)18(3)27-31-29(34)37-32-27/h5-14H,4,15-16H2,1-3H3,(H,31,32,34)/b25-18-. The molecule has 5 aromatic rings. The average Bonchev–Trinajstić information content (AvgIpc) is 3.44.